The summed E-state index contributed by atoms with van der Waals surface area (Å²) in [5.74, 6) is 0.0815. The van der Waals surface area contributed by atoms with E-state index in [9.17, 15) is 4.79 Å². The normalized spacial score (nSPS) is 10.3. The molecule has 0 atom stereocenters. The molecule has 0 saturated heterocycles. The molecule has 2 aromatic rings. The number of anilines is 1. The summed E-state index contributed by atoms with van der Waals surface area (Å²) < 4.78 is 0. The largest absolute Gasteiger partial charge is 0.378 e. The molecule has 2 rings (SSSR count). The lowest BCUT2D eigenvalue weighted by molar-refractivity contribution is 0.101. The lowest BCUT2D eigenvalue weighted by Gasteiger charge is -2.07. The fourth-order valence-corrected chi connectivity index (χ4v) is 1.89. The van der Waals surface area contributed by atoms with Gasteiger partial charge < -0.3 is 5.32 Å². The molecular weight excluding hydrogens is 258 g/mol. The zero-order chi connectivity index (χ0) is 13.8. The lowest BCUT2D eigenvalue weighted by Crippen LogP contribution is -2.14. The highest BCUT2D eigenvalue weighted by Crippen LogP contribution is 2.14. The Bertz CT molecular complexity index is 590. The Labute approximate surface area is 118 Å². The molecule has 0 aromatic heterocycles. The number of halogens is 1. The van der Waals surface area contributed by atoms with E-state index in [4.69, 9.17) is 11.6 Å². The van der Waals surface area contributed by atoms with Crippen LogP contribution in [0.5, 0.6) is 0 Å². The maximum Gasteiger partial charge on any atom is 0.181 e. The summed E-state index contributed by atoms with van der Waals surface area (Å²) in [6.45, 7) is 4.33. The van der Waals surface area contributed by atoms with Gasteiger partial charge in [-0.05, 0) is 55.3 Å². The first-order valence-electron chi connectivity index (χ1n) is 6.16. The fourth-order valence-electron chi connectivity index (χ4n) is 1.77. The topological polar surface area (TPSA) is 29.1 Å². The van der Waals surface area contributed by atoms with Gasteiger partial charge >= 0.3 is 0 Å². The van der Waals surface area contributed by atoms with E-state index >= 15 is 0 Å². The molecule has 19 heavy (non-hydrogen) atoms. The van der Waals surface area contributed by atoms with Gasteiger partial charge in [-0.25, -0.2) is 0 Å². The van der Waals surface area contributed by atoms with Gasteiger partial charge in [-0.1, -0.05) is 23.7 Å². The highest BCUT2D eigenvalue weighted by atomic mass is 35.5. The standard InChI is InChI=1S/C16H16ClNO/c1-11-3-4-13(9-12(11)2)16(19)10-18-15-7-5-14(17)6-8-15/h3-9,18H,10H2,1-2H3. The molecule has 2 nitrogen and oxygen atoms in total. The average Bonchev–Trinajstić information content (AvgIpc) is 2.41. The summed E-state index contributed by atoms with van der Waals surface area (Å²) in [7, 11) is 0. The first kappa shape index (κ1) is 13.6. The molecule has 0 spiro atoms. The second-order valence-corrected chi connectivity index (χ2v) is 5.02. The van der Waals surface area contributed by atoms with Crippen molar-refractivity contribution in [3.63, 3.8) is 0 Å². The highest BCUT2D eigenvalue weighted by Gasteiger charge is 2.06. The average molecular weight is 274 g/mol. The maximum atomic E-state index is 12.1. The Kier molecular flexibility index (Phi) is 4.23. The lowest BCUT2D eigenvalue weighted by atomic mass is 10.0. The quantitative estimate of drug-likeness (QED) is 0.844. The Hall–Kier alpha value is -1.80. The third kappa shape index (κ3) is 3.58. The van der Waals surface area contributed by atoms with Crippen molar-refractivity contribution in [2.24, 2.45) is 0 Å². The number of carbonyl (C=O) groups is 1. The summed E-state index contributed by atoms with van der Waals surface area (Å²) >= 11 is 5.81. The Morgan fingerprint density at radius 1 is 1.05 bits per heavy atom. The molecule has 0 radical (unpaired) electrons. The van der Waals surface area contributed by atoms with Crippen molar-refractivity contribution in [2.45, 2.75) is 13.8 Å². The Morgan fingerprint density at radius 2 is 1.74 bits per heavy atom. The van der Waals surface area contributed by atoms with Crippen LogP contribution in [0, 0.1) is 13.8 Å². The number of benzene rings is 2. The molecule has 0 amide bonds. The molecule has 0 fully saturated rings. The Morgan fingerprint density at radius 3 is 2.37 bits per heavy atom. The van der Waals surface area contributed by atoms with Crippen LogP contribution in [-0.2, 0) is 0 Å². The second kappa shape index (κ2) is 5.89. The fraction of sp³-hybridized carbons (Fsp3) is 0.188. The zero-order valence-corrected chi connectivity index (χ0v) is 11.8. The van der Waals surface area contributed by atoms with Crippen molar-refractivity contribution in [1.29, 1.82) is 0 Å². The molecule has 1 N–H and O–H groups in total. The van der Waals surface area contributed by atoms with Gasteiger partial charge in [0.25, 0.3) is 0 Å². The van der Waals surface area contributed by atoms with E-state index in [1.807, 2.05) is 44.2 Å². The van der Waals surface area contributed by atoms with Gasteiger partial charge in [0.1, 0.15) is 0 Å². The molecule has 0 aliphatic heterocycles. The summed E-state index contributed by atoms with van der Waals surface area (Å²) in [5.41, 5.74) is 3.96. The van der Waals surface area contributed by atoms with Gasteiger partial charge in [0, 0.05) is 16.3 Å². The molecule has 0 heterocycles. The van der Waals surface area contributed by atoms with Crippen molar-refractivity contribution in [1.82, 2.24) is 0 Å². The van der Waals surface area contributed by atoms with Crippen LogP contribution in [0.25, 0.3) is 0 Å². The van der Waals surface area contributed by atoms with Crippen LogP contribution in [0.2, 0.25) is 5.02 Å². The predicted molar refractivity (Wildman–Crippen MR) is 80.2 cm³/mol. The van der Waals surface area contributed by atoms with E-state index in [-0.39, 0.29) is 12.3 Å². The Balaban J connectivity index is 2.01. The molecule has 98 valence electrons. The summed E-state index contributed by atoms with van der Waals surface area (Å²) in [5, 5.41) is 3.78. The van der Waals surface area contributed by atoms with E-state index in [1.165, 1.54) is 5.56 Å². The maximum absolute atomic E-state index is 12.1. The number of ketones is 1. The molecular formula is C16H16ClNO. The zero-order valence-electron chi connectivity index (χ0n) is 11.0. The molecule has 2 aromatic carbocycles. The number of Topliss-reactive ketones (excluding diaryl/α,β-unsaturated/α-hetero) is 1. The summed E-state index contributed by atoms with van der Waals surface area (Å²) in [4.78, 5) is 12.1. The minimum Gasteiger partial charge on any atom is -0.378 e. The molecule has 0 saturated carbocycles. The highest BCUT2D eigenvalue weighted by molar-refractivity contribution is 6.30. The number of nitrogens with one attached hydrogen (secondary N) is 1. The van der Waals surface area contributed by atoms with Crippen LogP contribution in [0.4, 0.5) is 5.69 Å². The van der Waals surface area contributed by atoms with Gasteiger partial charge in [0.2, 0.25) is 0 Å². The van der Waals surface area contributed by atoms with E-state index in [0.717, 1.165) is 16.8 Å². The van der Waals surface area contributed by atoms with E-state index in [1.54, 1.807) is 12.1 Å². The van der Waals surface area contributed by atoms with Crippen molar-refractivity contribution in [2.75, 3.05) is 11.9 Å². The van der Waals surface area contributed by atoms with Crippen molar-refractivity contribution in [3.8, 4) is 0 Å². The number of rotatable bonds is 4. The van der Waals surface area contributed by atoms with Crippen molar-refractivity contribution >= 4 is 23.1 Å². The van der Waals surface area contributed by atoms with Crippen LogP contribution in [0.1, 0.15) is 21.5 Å². The second-order valence-electron chi connectivity index (χ2n) is 4.58. The smallest absolute Gasteiger partial charge is 0.181 e. The first-order chi connectivity index (χ1) is 9.06. The monoisotopic (exact) mass is 273 g/mol. The van der Waals surface area contributed by atoms with E-state index in [2.05, 4.69) is 5.32 Å². The van der Waals surface area contributed by atoms with Gasteiger partial charge in [-0.3, -0.25) is 4.79 Å². The van der Waals surface area contributed by atoms with Crippen molar-refractivity contribution in [3.05, 3.63) is 64.2 Å². The van der Waals surface area contributed by atoms with Gasteiger partial charge in [0.05, 0.1) is 6.54 Å². The van der Waals surface area contributed by atoms with E-state index in [0.29, 0.717) is 5.02 Å². The number of aryl methyl sites for hydroxylation is 2. The van der Waals surface area contributed by atoms with Gasteiger partial charge in [0.15, 0.2) is 5.78 Å². The van der Waals surface area contributed by atoms with Crippen LogP contribution in [0.3, 0.4) is 0 Å². The van der Waals surface area contributed by atoms with Crippen LogP contribution >= 0.6 is 11.6 Å². The first-order valence-corrected chi connectivity index (χ1v) is 6.54. The number of hydrogen-bond acceptors (Lipinski definition) is 2. The molecule has 0 unspecified atom stereocenters. The molecule has 0 aliphatic rings. The summed E-state index contributed by atoms with van der Waals surface area (Å²) in [6, 6.07) is 13.1. The van der Waals surface area contributed by atoms with E-state index < -0.39 is 0 Å². The number of hydrogen-bond donors (Lipinski definition) is 1. The van der Waals surface area contributed by atoms with Crippen LogP contribution in [0.15, 0.2) is 42.5 Å². The SMILES string of the molecule is Cc1ccc(C(=O)CNc2ccc(Cl)cc2)cc1C. The van der Waals surface area contributed by atoms with Gasteiger partial charge in [-0.2, -0.15) is 0 Å². The third-order valence-corrected chi connectivity index (χ3v) is 3.38. The minimum atomic E-state index is 0.0815. The molecule has 0 bridgehead atoms. The van der Waals surface area contributed by atoms with Crippen LogP contribution < -0.4 is 5.32 Å². The van der Waals surface area contributed by atoms with Crippen molar-refractivity contribution < 1.29 is 4.79 Å². The molecule has 0 aliphatic carbocycles. The summed E-state index contributed by atoms with van der Waals surface area (Å²) in [6.07, 6.45) is 0. The third-order valence-electron chi connectivity index (χ3n) is 3.13. The predicted octanol–water partition coefficient (Wildman–Crippen LogP) is 4.25. The number of carbonyl (C=O) groups excluding carboxylic acids is 1. The van der Waals surface area contributed by atoms with Gasteiger partial charge in [-0.15, -0.1) is 0 Å². The molecule has 3 heteroatoms. The van der Waals surface area contributed by atoms with Crippen LogP contribution in [-0.4, -0.2) is 12.3 Å². The minimum absolute atomic E-state index is 0.0815.